The molecule has 7 nitrogen and oxygen atoms in total. The number of aromatic nitrogens is 3. The van der Waals surface area contributed by atoms with Crippen LogP contribution in [0, 0.1) is 11.7 Å². The molecule has 1 heterocycles. The molecular weight excluding hydrogens is 313 g/mol. The summed E-state index contributed by atoms with van der Waals surface area (Å²) in [6.45, 7) is 3.99. The van der Waals surface area contributed by atoms with Crippen LogP contribution in [0.2, 0.25) is 0 Å². The third-order valence-corrected chi connectivity index (χ3v) is 3.27. The smallest absolute Gasteiger partial charge is 0.241 e. The maximum Gasteiger partial charge on any atom is 0.241 e. The highest BCUT2D eigenvalue weighted by Gasteiger charge is 2.11. The van der Waals surface area contributed by atoms with Crippen molar-refractivity contribution < 1.29 is 14.0 Å². The van der Waals surface area contributed by atoms with Gasteiger partial charge in [-0.3, -0.25) is 9.59 Å². The Bertz CT molecular complexity index is 697. The van der Waals surface area contributed by atoms with Gasteiger partial charge in [-0.15, -0.1) is 5.10 Å². The number of nitrogens with zero attached hydrogens (tertiary/aromatic N) is 3. The summed E-state index contributed by atoms with van der Waals surface area (Å²) < 4.78 is 14.1. The summed E-state index contributed by atoms with van der Waals surface area (Å²) in [6.07, 6.45) is 2.11. The van der Waals surface area contributed by atoms with E-state index in [0.29, 0.717) is 18.8 Å². The monoisotopic (exact) mass is 333 g/mol. The molecule has 8 heteroatoms. The minimum Gasteiger partial charge on any atom is -0.354 e. The lowest BCUT2D eigenvalue weighted by atomic mass is 10.1. The van der Waals surface area contributed by atoms with E-state index in [0.717, 1.165) is 5.56 Å². The zero-order valence-electron chi connectivity index (χ0n) is 13.6. The van der Waals surface area contributed by atoms with Gasteiger partial charge >= 0.3 is 0 Å². The molecule has 0 saturated carbocycles. The Morgan fingerprint density at radius 3 is 2.62 bits per heavy atom. The number of anilines is 1. The van der Waals surface area contributed by atoms with Crippen molar-refractivity contribution in [2.45, 2.75) is 26.8 Å². The second-order valence-electron chi connectivity index (χ2n) is 5.67. The molecule has 2 rings (SSSR count). The highest BCUT2D eigenvalue weighted by molar-refractivity contribution is 5.90. The minimum atomic E-state index is -0.283. The van der Waals surface area contributed by atoms with Gasteiger partial charge in [0.05, 0.1) is 6.20 Å². The van der Waals surface area contributed by atoms with Gasteiger partial charge < -0.3 is 10.6 Å². The Balaban J connectivity index is 1.75. The molecule has 0 spiro atoms. The molecule has 128 valence electrons. The summed E-state index contributed by atoms with van der Waals surface area (Å²) in [5, 5.41) is 12.9. The molecule has 2 aromatic rings. The summed E-state index contributed by atoms with van der Waals surface area (Å²) in [5.41, 5.74) is 0.941. The number of hydrogen-bond acceptors (Lipinski definition) is 4. The summed E-state index contributed by atoms with van der Waals surface area (Å²) in [5.74, 6) is -0.512. The number of carbonyl (C=O) groups excluding carboxylic acids is 2. The molecule has 0 bridgehead atoms. The van der Waals surface area contributed by atoms with Gasteiger partial charge in [0.2, 0.25) is 11.8 Å². The van der Waals surface area contributed by atoms with Gasteiger partial charge in [-0.1, -0.05) is 31.2 Å². The van der Waals surface area contributed by atoms with Crippen LogP contribution >= 0.6 is 0 Å². The fourth-order valence-corrected chi connectivity index (χ4v) is 1.90. The number of amides is 2. The number of carbonyl (C=O) groups is 2. The number of nitrogens with one attached hydrogen (secondary N) is 2. The normalized spacial score (nSPS) is 10.7. The molecule has 24 heavy (non-hydrogen) atoms. The lowest BCUT2D eigenvalue weighted by Gasteiger charge is -2.05. The van der Waals surface area contributed by atoms with Crippen LogP contribution < -0.4 is 10.6 Å². The fraction of sp³-hybridized carbons (Fsp3) is 0.375. The van der Waals surface area contributed by atoms with E-state index < -0.39 is 0 Å². The third kappa shape index (κ3) is 5.45. The van der Waals surface area contributed by atoms with Crippen LogP contribution in [0.3, 0.4) is 0 Å². The van der Waals surface area contributed by atoms with E-state index in [1.807, 2.05) is 0 Å². The Morgan fingerprint density at radius 2 is 1.96 bits per heavy atom. The van der Waals surface area contributed by atoms with Crippen molar-refractivity contribution in [3.63, 3.8) is 0 Å². The van der Waals surface area contributed by atoms with E-state index >= 15 is 0 Å². The second kappa shape index (κ2) is 8.19. The van der Waals surface area contributed by atoms with Crippen LogP contribution in [0.25, 0.3) is 0 Å². The van der Waals surface area contributed by atoms with E-state index in [2.05, 4.69) is 20.9 Å². The Labute approximate surface area is 139 Å². The van der Waals surface area contributed by atoms with Crippen molar-refractivity contribution in [1.82, 2.24) is 20.3 Å². The first kappa shape index (κ1) is 17.6. The van der Waals surface area contributed by atoms with E-state index in [9.17, 15) is 14.0 Å². The fourth-order valence-electron chi connectivity index (χ4n) is 1.90. The van der Waals surface area contributed by atoms with Gasteiger partial charge in [0.1, 0.15) is 12.4 Å². The van der Waals surface area contributed by atoms with Gasteiger partial charge in [-0.25, -0.2) is 9.07 Å². The zero-order chi connectivity index (χ0) is 17.5. The maximum atomic E-state index is 12.8. The standard InChI is InChI=1S/C16H20FN5O2/c1-11(2)16(24)19-14-9-22(21-20-14)10-15(23)18-8-7-12-3-5-13(17)6-4-12/h3-6,9,11H,7-8,10H2,1-2H3,(H,18,23)(H,19,24). The van der Waals surface area contributed by atoms with Gasteiger partial charge in [-0.05, 0) is 24.1 Å². The van der Waals surface area contributed by atoms with Crippen LogP contribution in [-0.2, 0) is 22.6 Å². The van der Waals surface area contributed by atoms with Crippen molar-refractivity contribution in [2.24, 2.45) is 5.92 Å². The van der Waals surface area contributed by atoms with Crippen molar-refractivity contribution in [3.8, 4) is 0 Å². The molecule has 1 aromatic carbocycles. The average molecular weight is 333 g/mol. The Morgan fingerprint density at radius 1 is 1.25 bits per heavy atom. The summed E-state index contributed by atoms with van der Waals surface area (Å²) in [7, 11) is 0. The first-order valence-electron chi connectivity index (χ1n) is 7.66. The minimum absolute atomic E-state index is 0.00790. The predicted octanol–water partition coefficient (Wildman–Crippen LogP) is 1.37. The van der Waals surface area contributed by atoms with Crippen molar-refractivity contribution in [3.05, 3.63) is 41.8 Å². The molecule has 0 unspecified atom stereocenters. The highest BCUT2D eigenvalue weighted by Crippen LogP contribution is 2.04. The first-order valence-corrected chi connectivity index (χ1v) is 7.66. The van der Waals surface area contributed by atoms with E-state index in [-0.39, 0.29) is 30.1 Å². The lowest BCUT2D eigenvalue weighted by molar-refractivity contribution is -0.122. The van der Waals surface area contributed by atoms with Crippen molar-refractivity contribution in [1.29, 1.82) is 0 Å². The summed E-state index contributed by atoms with van der Waals surface area (Å²) in [4.78, 5) is 23.4. The molecule has 0 saturated heterocycles. The maximum absolute atomic E-state index is 12.8. The SMILES string of the molecule is CC(C)C(=O)Nc1cn(CC(=O)NCCc2ccc(F)cc2)nn1. The lowest BCUT2D eigenvalue weighted by Crippen LogP contribution is -2.29. The van der Waals surface area contributed by atoms with Crippen molar-refractivity contribution in [2.75, 3.05) is 11.9 Å². The van der Waals surface area contributed by atoms with Crippen LogP contribution in [0.4, 0.5) is 10.2 Å². The van der Waals surface area contributed by atoms with Crippen molar-refractivity contribution >= 4 is 17.6 Å². The number of hydrogen-bond donors (Lipinski definition) is 2. The predicted molar refractivity (Wildman–Crippen MR) is 86.6 cm³/mol. The first-order chi connectivity index (χ1) is 11.4. The largest absolute Gasteiger partial charge is 0.354 e. The van der Waals surface area contributed by atoms with Crippen LogP contribution in [0.5, 0.6) is 0 Å². The zero-order valence-corrected chi connectivity index (χ0v) is 13.6. The molecule has 2 N–H and O–H groups in total. The molecule has 0 fully saturated rings. The van der Waals surface area contributed by atoms with Crippen LogP contribution in [-0.4, -0.2) is 33.4 Å². The molecule has 2 amide bonds. The Kier molecular flexibility index (Phi) is 6.00. The van der Waals surface area contributed by atoms with Crippen LogP contribution in [0.1, 0.15) is 19.4 Å². The summed E-state index contributed by atoms with van der Waals surface area (Å²) >= 11 is 0. The van der Waals surface area contributed by atoms with Gasteiger partial charge in [-0.2, -0.15) is 0 Å². The average Bonchev–Trinajstić information content (AvgIpc) is 2.96. The van der Waals surface area contributed by atoms with E-state index in [4.69, 9.17) is 0 Å². The summed E-state index contributed by atoms with van der Waals surface area (Å²) in [6, 6.07) is 6.14. The topological polar surface area (TPSA) is 88.9 Å². The molecule has 0 atom stereocenters. The number of rotatable bonds is 7. The molecule has 0 radical (unpaired) electrons. The molecular formula is C16H20FN5O2. The third-order valence-electron chi connectivity index (χ3n) is 3.27. The number of halogens is 1. The van der Waals surface area contributed by atoms with E-state index in [1.54, 1.807) is 26.0 Å². The quantitative estimate of drug-likeness (QED) is 0.801. The van der Waals surface area contributed by atoms with Gasteiger partial charge in [0.25, 0.3) is 0 Å². The molecule has 0 aliphatic heterocycles. The van der Waals surface area contributed by atoms with Gasteiger partial charge in [0, 0.05) is 12.5 Å². The van der Waals surface area contributed by atoms with Crippen LogP contribution in [0.15, 0.2) is 30.5 Å². The number of benzene rings is 1. The Hall–Kier alpha value is -2.77. The molecule has 0 aliphatic carbocycles. The molecule has 1 aromatic heterocycles. The molecule has 0 aliphatic rings. The highest BCUT2D eigenvalue weighted by atomic mass is 19.1. The second-order valence-corrected chi connectivity index (χ2v) is 5.67. The van der Waals surface area contributed by atoms with Gasteiger partial charge in [0.15, 0.2) is 5.82 Å². The van der Waals surface area contributed by atoms with E-state index in [1.165, 1.54) is 23.0 Å².